The molecule has 1 aromatic rings. The molecule has 0 bridgehead atoms. The first kappa shape index (κ1) is 23.0. The Hall–Kier alpha value is -1.07. The van der Waals surface area contributed by atoms with E-state index in [2.05, 4.69) is 36.1 Å². The van der Waals surface area contributed by atoms with Crippen molar-refractivity contribution < 1.29 is 4.79 Å². The van der Waals surface area contributed by atoms with E-state index >= 15 is 0 Å². The molecule has 26 heavy (non-hydrogen) atoms. The minimum atomic E-state index is -0.0122. The molecule has 0 saturated heterocycles. The Morgan fingerprint density at radius 1 is 1.15 bits per heavy atom. The quantitative estimate of drug-likeness (QED) is 0.514. The standard InChI is InChI=1S/C20H37ClN4O/c1-6-8-10-12-24(13-11-9-7-2)14-16(3)22-19(26)15-25-18(5)20(21)17(4)23-25/h16H,6-15H2,1-5H3,(H,22,26). The molecule has 0 saturated carbocycles. The highest BCUT2D eigenvalue weighted by Gasteiger charge is 2.15. The van der Waals surface area contributed by atoms with Crippen molar-refractivity contribution >= 4 is 17.5 Å². The monoisotopic (exact) mass is 384 g/mol. The van der Waals surface area contributed by atoms with Gasteiger partial charge in [0, 0.05) is 12.6 Å². The van der Waals surface area contributed by atoms with Crippen LogP contribution in [0.2, 0.25) is 5.02 Å². The van der Waals surface area contributed by atoms with Crippen molar-refractivity contribution in [2.24, 2.45) is 0 Å². The molecular formula is C20H37ClN4O. The van der Waals surface area contributed by atoms with Crippen molar-refractivity contribution in [3.63, 3.8) is 0 Å². The molecule has 1 rings (SSSR count). The van der Waals surface area contributed by atoms with Crippen LogP contribution in [-0.2, 0) is 11.3 Å². The lowest BCUT2D eigenvalue weighted by Crippen LogP contribution is -2.43. The summed E-state index contributed by atoms with van der Waals surface area (Å²) in [6, 6.07) is 0.123. The third kappa shape index (κ3) is 8.09. The van der Waals surface area contributed by atoms with Crippen molar-refractivity contribution in [1.82, 2.24) is 20.0 Å². The summed E-state index contributed by atoms with van der Waals surface area (Å²) < 4.78 is 1.68. The predicted octanol–water partition coefficient (Wildman–Crippen LogP) is 4.34. The van der Waals surface area contributed by atoms with Crippen LogP contribution in [0.1, 0.15) is 70.7 Å². The number of nitrogens with zero attached hydrogens (tertiary/aromatic N) is 3. The lowest BCUT2D eigenvalue weighted by molar-refractivity contribution is -0.122. The molecule has 0 radical (unpaired) electrons. The van der Waals surface area contributed by atoms with Crippen LogP contribution < -0.4 is 5.32 Å². The summed E-state index contributed by atoms with van der Waals surface area (Å²) in [6.07, 6.45) is 7.47. The second kappa shape index (κ2) is 12.3. The third-order valence-electron chi connectivity index (χ3n) is 4.68. The molecule has 1 atom stereocenters. The largest absolute Gasteiger partial charge is 0.351 e. The molecule has 0 aliphatic heterocycles. The summed E-state index contributed by atoms with van der Waals surface area (Å²) in [5.74, 6) is -0.0122. The summed E-state index contributed by atoms with van der Waals surface area (Å²) in [4.78, 5) is 14.9. The maximum Gasteiger partial charge on any atom is 0.241 e. The number of rotatable bonds is 13. The number of unbranched alkanes of at least 4 members (excludes halogenated alkanes) is 4. The number of aromatic nitrogens is 2. The van der Waals surface area contributed by atoms with Crippen LogP contribution in [0.5, 0.6) is 0 Å². The van der Waals surface area contributed by atoms with Crippen LogP contribution >= 0.6 is 11.6 Å². The van der Waals surface area contributed by atoms with E-state index in [1.807, 2.05) is 13.8 Å². The maximum absolute atomic E-state index is 12.4. The van der Waals surface area contributed by atoms with Gasteiger partial charge in [0.25, 0.3) is 0 Å². The van der Waals surface area contributed by atoms with Gasteiger partial charge in [-0.15, -0.1) is 0 Å². The zero-order chi connectivity index (χ0) is 19.5. The van der Waals surface area contributed by atoms with Crippen LogP contribution in [-0.4, -0.2) is 46.3 Å². The Bertz CT molecular complexity index is 534. The van der Waals surface area contributed by atoms with Gasteiger partial charge in [0.1, 0.15) is 6.54 Å². The van der Waals surface area contributed by atoms with E-state index in [4.69, 9.17) is 11.6 Å². The Morgan fingerprint density at radius 3 is 2.19 bits per heavy atom. The molecule has 0 aliphatic rings. The normalized spacial score (nSPS) is 12.6. The summed E-state index contributed by atoms with van der Waals surface area (Å²) in [5, 5.41) is 8.08. The molecule has 0 fully saturated rings. The van der Waals surface area contributed by atoms with Gasteiger partial charge in [0.2, 0.25) is 5.91 Å². The molecule has 5 nitrogen and oxygen atoms in total. The second-order valence-corrected chi connectivity index (χ2v) is 7.70. The first-order chi connectivity index (χ1) is 12.4. The summed E-state index contributed by atoms with van der Waals surface area (Å²) in [6.45, 7) is 13.6. The summed E-state index contributed by atoms with van der Waals surface area (Å²) in [5.41, 5.74) is 1.61. The van der Waals surface area contributed by atoms with Crippen molar-refractivity contribution in [2.45, 2.75) is 85.7 Å². The zero-order valence-electron chi connectivity index (χ0n) is 17.3. The molecule has 0 aromatic carbocycles. The molecule has 6 heteroatoms. The fraction of sp³-hybridized carbons (Fsp3) is 0.800. The molecule has 1 N–H and O–H groups in total. The first-order valence-corrected chi connectivity index (χ1v) is 10.5. The van der Waals surface area contributed by atoms with Gasteiger partial charge in [-0.1, -0.05) is 51.1 Å². The number of nitrogens with one attached hydrogen (secondary N) is 1. The third-order valence-corrected chi connectivity index (χ3v) is 5.23. The van der Waals surface area contributed by atoms with E-state index < -0.39 is 0 Å². The maximum atomic E-state index is 12.4. The molecule has 0 aliphatic carbocycles. The fourth-order valence-electron chi connectivity index (χ4n) is 3.18. The average Bonchev–Trinajstić information content (AvgIpc) is 2.81. The highest BCUT2D eigenvalue weighted by atomic mass is 35.5. The highest BCUT2D eigenvalue weighted by Crippen LogP contribution is 2.18. The molecular weight excluding hydrogens is 348 g/mol. The smallest absolute Gasteiger partial charge is 0.241 e. The van der Waals surface area contributed by atoms with Crippen LogP contribution in [0.4, 0.5) is 0 Å². The number of aryl methyl sites for hydroxylation is 1. The Morgan fingerprint density at radius 2 is 1.73 bits per heavy atom. The topological polar surface area (TPSA) is 50.2 Å². The Balaban J connectivity index is 2.49. The van der Waals surface area contributed by atoms with Crippen LogP contribution in [0.25, 0.3) is 0 Å². The number of carbonyl (C=O) groups excluding carboxylic acids is 1. The van der Waals surface area contributed by atoms with E-state index in [0.29, 0.717) is 5.02 Å². The Labute approximate surface area is 164 Å². The van der Waals surface area contributed by atoms with E-state index in [0.717, 1.165) is 31.0 Å². The van der Waals surface area contributed by atoms with Gasteiger partial charge in [-0.2, -0.15) is 5.10 Å². The lowest BCUT2D eigenvalue weighted by Gasteiger charge is -2.26. The Kier molecular flexibility index (Phi) is 10.9. The average molecular weight is 385 g/mol. The predicted molar refractivity (Wildman–Crippen MR) is 110 cm³/mol. The number of halogens is 1. The van der Waals surface area contributed by atoms with Crippen LogP contribution in [0.15, 0.2) is 0 Å². The van der Waals surface area contributed by atoms with Gasteiger partial charge < -0.3 is 10.2 Å². The minimum Gasteiger partial charge on any atom is -0.351 e. The second-order valence-electron chi connectivity index (χ2n) is 7.33. The number of hydrogen-bond acceptors (Lipinski definition) is 3. The van der Waals surface area contributed by atoms with Gasteiger partial charge in [0.15, 0.2) is 0 Å². The molecule has 1 heterocycles. The van der Waals surface area contributed by atoms with E-state index in [1.54, 1.807) is 4.68 Å². The van der Waals surface area contributed by atoms with Gasteiger partial charge in [-0.05, 0) is 46.7 Å². The first-order valence-electron chi connectivity index (χ1n) is 10.1. The highest BCUT2D eigenvalue weighted by molar-refractivity contribution is 6.31. The van der Waals surface area contributed by atoms with Gasteiger partial charge in [-0.25, -0.2) is 0 Å². The van der Waals surface area contributed by atoms with Crippen molar-refractivity contribution in [2.75, 3.05) is 19.6 Å². The summed E-state index contributed by atoms with van der Waals surface area (Å²) in [7, 11) is 0. The SMILES string of the molecule is CCCCCN(CCCCC)CC(C)NC(=O)Cn1nc(C)c(Cl)c1C. The molecule has 150 valence electrons. The van der Waals surface area contributed by atoms with Crippen molar-refractivity contribution in [3.8, 4) is 0 Å². The van der Waals surface area contributed by atoms with E-state index in [-0.39, 0.29) is 18.5 Å². The van der Waals surface area contributed by atoms with Gasteiger partial charge in [0.05, 0.1) is 16.4 Å². The lowest BCUT2D eigenvalue weighted by atomic mass is 10.2. The summed E-state index contributed by atoms with van der Waals surface area (Å²) >= 11 is 6.16. The van der Waals surface area contributed by atoms with E-state index in [1.165, 1.54) is 38.5 Å². The van der Waals surface area contributed by atoms with E-state index in [9.17, 15) is 4.79 Å². The molecule has 1 amide bonds. The zero-order valence-corrected chi connectivity index (χ0v) is 18.0. The van der Waals surface area contributed by atoms with Crippen LogP contribution in [0.3, 0.4) is 0 Å². The van der Waals surface area contributed by atoms with Gasteiger partial charge >= 0.3 is 0 Å². The van der Waals surface area contributed by atoms with Gasteiger partial charge in [-0.3, -0.25) is 9.48 Å². The number of amides is 1. The van der Waals surface area contributed by atoms with Crippen LogP contribution in [0, 0.1) is 13.8 Å². The molecule has 1 aromatic heterocycles. The number of carbonyl (C=O) groups is 1. The van der Waals surface area contributed by atoms with Crippen molar-refractivity contribution in [1.29, 1.82) is 0 Å². The molecule has 0 spiro atoms. The number of hydrogen-bond donors (Lipinski definition) is 1. The molecule has 1 unspecified atom stereocenters. The fourth-order valence-corrected chi connectivity index (χ4v) is 3.32. The van der Waals surface area contributed by atoms with Crippen molar-refractivity contribution in [3.05, 3.63) is 16.4 Å². The minimum absolute atomic E-state index is 0.0122.